The standard InChI is InChI=1S/C20H28BrN3O9S/c1-11(32-17(28)19(2,3)4)33-18(29)20(9-31-5)8-23-15(27)14(16(23)34-10-20)24(12(25)6-21)13(26)7-22-30/h7,11,14,16,30H,6,8-10H2,1-5H3/t11?,14?,16-,20?/m1/s1. The monoisotopic (exact) mass is 565 g/mol. The van der Waals surface area contributed by atoms with Crippen LogP contribution in [0.1, 0.15) is 27.7 Å². The molecule has 3 unspecified atom stereocenters. The number of rotatable bonds is 8. The number of carbonyl (C=O) groups is 5. The second-order valence-electron chi connectivity index (χ2n) is 8.93. The lowest BCUT2D eigenvalue weighted by Gasteiger charge is -2.55. The number of halogens is 1. The minimum Gasteiger partial charge on any atom is -0.425 e. The molecule has 34 heavy (non-hydrogen) atoms. The van der Waals surface area contributed by atoms with Crippen molar-refractivity contribution in [2.75, 3.05) is 31.3 Å². The summed E-state index contributed by atoms with van der Waals surface area (Å²) in [4.78, 5) is 64.8. The van der Waals surface area contributed by atoms with Gasteiger partial charge in [0.05, 0.1) is 17.4 Å². The SMILES string of the molecule is COCC1(C(=O)OC(C)OC(=O)C(C)(C)C)CS[C@@H]2C(N(C(=O)C=NO)C(=O)CBr)C(=O)N2C1. The first kappa shape index (κ1) is 28.1. The number of amides is 3. The molecule has 2 rings (SSSR count). The molecule has 1 N–H and O–H groups in total. The fraction of sp³-hybridized carbons (Fsp3) is 0.700. The van der Waals surface area contributed by atoms with E-state index in [4.69, 9.17) is 19.4 Å². The Hall–Kier alpha value is -2.19. The second kappa shape index (κ2) is 11.0. The van der Waals surface area contributed by atoms with Crippen LogP contribution in [0.5, 0.6) is 0 Å². The molecule has 0 spiro atoms. The van der Waals surface area contributed by atoms with Crippen LogP contribution in [0.2, 0.25) is 0 Å². The summed E-state index contributed by atoms with van der Waals surface area (Å²) in [5.74, 6) is -3.25. The molecule has 0 radical (unpaired) electrons. The molecule has 0 aliphatic carbocycles. The summed E-state index contributed by atoms with van der Waals surface area (Å²) in [7, 11) is 1.40. The summed E-state index contributed by atoms with van der Waals surface area (Å²) in [6.07, 6.45) is -0.616. The number of thioether (sulfide) groups is 1. The number of oxime groups is 1. The normalized spacial score (nSPS) is 25.2. The number of hydrogen-bond donors (Lipinski definition) is 1. The van der Waals surface area contributed by atoms with Crippen molar-refractivity contribution in [1.29, 1.82) is 0 Å². The zero-order valence-corrected chi connectivity index (χ0v) is 21.9. The molecule has 14 heteroatoms. The van der Waals surface area contributed by atoms with E-state index < -0.39 is 58.2 Å². The van der Waals surface area contributed by atoms with E-state index in [0.717, 1.165) is 4.90 Å². The molecule has 0 bridgehead atoms. The van der Waals surface area contributed by atoms with Crippen molar-refractivity contribution in [2.24, 2.45) is 16.0 Å². The molecule has 0 aromatic rings. The van der Waals surface area contributed by atoms with E-state index in [9.17, 15) is 24.0 Å². The van der Waals surface area contributed by atoms with Gasteiger partial charge < -0.3 is 24.3 Å². The third kappa shape index (κ3) is 5.71. The van der Waals surface area contributed by atoms with Gasteiger partial charge in [-0.2, -0.15) is 0 Å². The number of nitrogens with zero attached hydrogens (tertiary/aromatic N) is 3. The first-order valence-electron chi connectivity index (χ1n) is 10.3. The highest BCUT2D eigenvalue weighted by Crippen LogP contribution is 2.44. The number of hydrogen-bond acceptors (Lipinski definition) is 11. The Morgan fingerprint density at radius 1 is 1.35 bits per heavy atom. The summed E-state index contributed by atoms with van der Waals surface area (Å²) >= 11 is 4.16. The van der Waals surface area contributed by atoms with Crippen LogP contribution in [0.4, 0.5) is 0 Å². The quantitative estimate of drug-likeness (QED) is 0.0841. The predicted octanol–water partition coefficient (Wildman–Crippen LogP) is 0.592. The van der Waals surface area contributed by atoms with Crippen molar-refractivity contribution in [3.05, 3.63) is 0 Å². The van der Waals surface area contributed by atoms with Gasteiger partial charge in [-0.15, -0.1) is 11.8 Å². The van der Waals surface area contributed by atoms with E-state index in [1.165, 1.54) is 30.7 Å². The summed E-state index contributed by atoms with van der Waals surface area (Å²) in [6, 6.07) is -1.11. The molecule has 2 saturated heterocycles. The van der Waals surface area contributed by atoms with E-state index in [2.05, 4.69) is 21.1 Å². The molecule has 0 aromatic carbocycles. The Labute approximate surface area is 209 Å². The van der Waals surface area contributed by atoms with Gasteiger partial charge in [0.25, 0.3) is 5.91 Å². The first-order valence-corrected chi connectivity index (χ1v) is 12.4. The summed E-state index contributed by atoms with van der Waals surface area (Å²) in [5.41, 5.74) is -2.03. The number of methoxy groups -OCH3 is 1. The van der Waals surface area contributed by atoms with Crippen LogP contribution in [0, 0.1) is 10.8 Å². The fourth-order valence-electron chi connectivity index (χ4n) is 3.47. The Balaban J connectivity index is 2.17. The van der Waals surface area contributed by atoms with Gasteiger partial charge in [0.2, 0.25) is 18.1 Å². The highest BCUT2D eigenvalue weighted by Gasteiger charge is 2.60. The molecule has 0 saturated carbocycles. The average molecular weight is 566 g/mol. The molecule has 12 nitrogen and oxygen atoms in total. The van der Waals surface area contributed by atoms with E-state index in [-0.39, 0.29) is 24.2 Å². The number of β-lactam (4-membered cyclic amide) rings is 1. The Morgan fingerprint density at radius 3 is 2.53 bits per heavy atom. The van der Waals surface area contributed by atoms with Crippen molar-refractivity contribution >= 4 is 63.6 Å². The molecule has 4 atom stereocenters. The van der Waals surface area contributed by atoms with Crippen molar-refractivity contribution in [3.8, 4) is 0 Å². The molecule has 0 aromatic heterocycles. The molecule has 2 aliphatic heterocycles. The maximum atomic E-state index is 13.1. The zero-order valence-electron chi connectivity index (χ0n) is 19.5. The van der Waals surface area contributed by atoms with Crippen LogP contribution < -0.4 is 0 Å². The molecule has 2 heterocycles. The van der Waals surface area contributed by atoms with E-state index >= 15 is 0 Å². The maximum absolute atomic E-state index is 13.1. The van der Waals surface area contributed by atoms with Crippen molar-refractivity contribution in [3.63, 3.8) is 0 Å². The number of fused-ring (bicyclic) bond motifs is 1. The molecular formula is C20H28BrN3O9S. The average Bonchev–Trinajstić information content (AvgIpc) is 2.76. The lowest BCUT2D eigenvalue weighted by molar-refractivity contribution is -0.200. The number of ether oxygens (including phenoxy) is 3. The van der Waals surface area contributed by atoms with E-state index in [0.29, 0.717) is 6.21 Å². The topological polar surface area (TPSA) is 152 Å². The van der Waals surface area contributed by atoms with Gasteiger partial charge in [-0.1, -0.05) is 21.1 Å². The fourth-order valence-corrected chi connectivity index (χ4v) is 5.30. The number of carbonyl (C=O) groups excluding carboxylic acids is 5. The third-order valence-electron chi connectivity index (χ3n) is 5.20. The Kier molecular flexibility index (Phi) is 9.10. The van der Waals surface area contributed by atoms with Gasteiger partial charge in [-0.3, -0.25) is 28.9 Å². The Morgan fingerprint density at radius 2 is 2.00 bits per heavy atom. The highest BCUT2D eigenvalue weighted by atomic mass is 79.9. The first-order chi connectivity index (χ1) is 15.8. The van der Waals surface area contributed by atoms with Crippen LogP contribution in [0.15, 0.2) is 5.16 Å². The molecular weight excluding hydrogens is 538 g/mol. The number of esters is 2. The molecule has 190 valence electrons. The van der Waals surface area contributed by atoms with Gasteiger partial charge in [0.15, 0.2) is 0 Å². The van der Waals surface area contributed by atoms with Gasteiger partial charge in [0, 0.05) is 26.3 Å². The lowest BCUT2D eigenvalue weighted by Crippen LogP contribution is -2.75. The summed E-state index contributed by atoms with van der Waals surface area (Å²) in [6.45, 7) is 6.28. The van der Waals surface area contributed by atoms with Crippen LogP contribution in [-0.2, 0) is 38.2 Å². The van der Waals surface area contributed by atoms with Gasteiger partial charge in [-0.05, 0) is 20.8 Å². The maximum Gasteiger partial charge on any atom is 0.320 e. The summed E-state index contributed by atoms with van der Waals surface area (Å²) in [5, 5.41) is 10.5. The number of alkyl halides is 1. The van der Waals surface area contributed by atoms with Gasteiger partial charge in [0.1, 0.15) is 23.0 Å². The van der Waals surface area contributed by atoms with Crippen LogP contribution >= 0.6 is 27.7 Å². The minimum atomic E-state index is -1.25. The van der Waals surface area contributed by atoms with E-state index in [1.807, 2.05) is 0 Å². The lowest BCUT2D eigenvalue weighted by atomic mass is 9.87. The van der Waals surface area contributed by atoms with Crippen LogP contribution in [0.3, 0.4) is 0 Å². The van der Waals surface area contributed by atoms with Gasteiger partial charge >= 0.3 is 11.9 Å². The van der Waals surface area contributed by atoms with Crippen molar-refractivity contribution in [2.45, 2.75) is 45.4 Å². The minimum absolute atomic E-state index is 0.0694. The van der Waals surface area contributed by atoms with Gasteiger partial charge in [-0.25, -0.2) is 0 Å². The van der Waals surface area contributed by atoms with Crippen molar-refractivity contribution < 1.29 is 43.4 Å². The molecule has 2 aliphatic rings. The highest BCUT2D eigenvalue weighted by molar-refractivity contribution is 9.09. The molecule has 3 amide bonds. The smallest absolute Gasteiger partial charge is 0.320 e. The summed E-state index contributed by atoms with van der Waals surface area (Å²) < 4.78 is 15.8. The predicted molar refractivity (Wildman–Crippen MR) is 123 cm³/mol. The van der Waals surface area contributed by atoms with E-state index in [1.54, 1.807) is 20.8 Å². The zero-order chi connectivity index (χ0) is 25.8. The largest absolute Gasteiger partial charge is 0.425 e. The third-order valence-corrected chi connectivity index (χ3v) is 7.25. The number of imide groups is 1. The second-order valence-corrected chi connectivity index (χ2v) is 10.6. The Bertz CT molecular complexity index is 878. The van der Waals surface area contributed by atoms with Crippen LogP contribution in [-0.4, -0.2) is 99.9 Å². The molecule has 2 fully saturated rings. The van der Waals surface area contributed by atoms with Crippen LogP contribution in [0.25, 0.3) is 0 Å². The van der Waals surface area contributed by atoms with Crippen molar-refractivity contribution in [1.82, 2.24) is 9.80 Å².